The van der Waals surface area contributed by atoms with Crippen LogP contribution in [0.4, 0.5) is 5.69 Å². The lowest BCUT2D eigenvalue weighted by molar-refractivity contribution is -0.138. The van der Waals surface area contributed by atoms with E-state index in [4.69, 9.17) is 10.8 Å². The van der Waals surface area contributed by atoms with Gasteiger partial charge in [-0.2, -0.15) is 0 Å². The molecule has 0 aromatic heterocycles. The average molecular weight is 206 g/mol. The number of carboxylic acid groups (broad SMARTS) is 1. The number of anilines is 1. The van der Waals surface area contributed by atoms with Crippen molar-refractivity contribution in [1.82, 2.24) is 4.90 Å². The van der Waals surface area contributed by atoms with E-state index in [9.17, 15) is 4.79 Å². The SMILES string of the molecule is Nc1ccc2c(c1)CN(CC(=O)O)CC2. The van der Waals surface area contributed by atoms with E-state index in [2.05, 4.69) is 0 Å². The maximum Gasteiger partial charge on any atom is 0.317 e. The number of benzene rings is 1. The monoisotopic (exact) mass is 206 g/mol. The number of hydrogen-bond acceptors (Lipinski definition) is 3. The van der Waals surface area contributed by atoms with E-state index in [1.807, 2.05) is 23.1 Å². The van der Waals surface area contributed by atoms with Gasteiger partial charge in [0.2, 0.25) is 0 Å². The third-order valence-corrected chi connectivity index (χ3v) is 2.68. The Hall–Kier alpha value is -1.55. The molecule has 1 aromatic rings. The second-order valence-electron chi connectivity index (χ2n) is 3.88. The summed E-state index contributed by atoms with van der Waals surface area (Å²) < 4.78 is 0. The standard InChI is InChI=1S/C11H14N2O2/c12-10-2-1-8-3-4-13(7-11(14)15)6-9(8)5-10/h1-2,5H,3-4,6-7,12H2,(H,14,15). The molecular formula is C11H14N2O2. The fourth-order valence-electron chi connectivity index (χ4n) is 1.96. The van der Waals surface area contributed by atoms with Gasteiger partial charge in [-0.15, -0.1) is 0 Å². The van der Waals surface area contributed by atoms with Crippen LogP contribution in [-0.4, -0.2) is 29.1 Å². The van der Waals surface area contributed by atoms with E-state index in [-0.39, 0.29) is 6.54 Å². The highest BCUT2D eigenvalue weighted by molar-refractivity contribution is 5.69. The van der Waals surface area contributed by atoms with Gasteiger partial charge >= 0.3 is 5.97 Å². The summed E-state index contributed by atoms with van der Waals surface area (Å²) in [5.74, 6) is -0.776. The van der Waals surface area contributed by atoms with Crippen molar-refractivity contribution in [2.75, 3.05) is 18.8 Å². The van der Waals surface area contributed by atoms with Crippen LogP contribution in [0.5, 0.6) is 0 Å². The summed E-state index contributed by atoms with van der Waals surface area (Å²) in [5, 5.41) is 8.70. The first kappa shape index (κ1) is 9.98. The summed E-state index contributed by atoms with van der Waals surface area (Å²) in [4.78, 5) is 12.5. The van der Waals surface area contributed by atoms with E-state index >= 15 is 0 Å². The molecule has 0 fully saturated rings. The van der Waals surface area contributed by atoms with E-state index in [1.165, 1.54) is 5.56 Å². The molecule has 1 heterocycles. The van der Waals surface area contributed by atoms with Crippen molar-refractivity contribution in [2.45, 2.75) is 13.0 Å². The van der Waals surface area contributed by atoms with Crippen LogP contribution in [0, 0.1) is 0 Å². The second kappa shape index (κ2) is 3.90. The zero-order valence-corrected chi connectivity index (χ0v) is 8.44. The Kier molecular flexibility index (Phi) is 2.60. The second-order valence-corrected chi connectivity index (χ2v) is 3.88. The highest BCUT2D eigenvalue weighted by atomic mass is 16.4. The molecule has 1 aromatic carbocycles. The van der Waals surface area contributed by atoms with Gasteiger partial charge in [-0.05, 0) is 29.7 Å². The number of carboxylic acids is 1. The van der Waals surface area contributed by atoms with Crippen LogP contribution in [-0.2, 0) is 17.8 Å². The zero-order valence-electron chi connectivity index (χ0n) is 8.44. The van der Waals surface area contributed by atoms with Gasteiger partial charge in [0.1, 0.15) is 0 Å². The van der Waals surface area contributed by atoms with Crippen molar-refractivity contribution in [3.63, 3.8) is 0 Å². The molecule has 0 amide bonds. The Labute approximate surface area is 88.3 Å². The number of aliphatic carboxylic acids is 1. The molecule has 0 atom stereocenters. The molecular weight excluding hydrogens is 192 g/mol. The van der Waals surface area contributed by atoms with Crippen LogP contribution in [0.3, 0.4) is 0 Å². The van der Waals surface area contributed by atoms with Crippen LogP contribution in [0.25, 0.3) is 0 Å². The number of carbonyl (C=O) groups is 1. The smallest absolute Gasteiger partial charge is 0.317 e. The Balaban J connectivity index is 2.14. The van der Waals surface area contributed by atoms with Crippen molar-refractivity contribution >= 4 is 11.7 Å². The molecule has 0 radical (unpaired) electrons. The van der Waals surface area contributed by atoms with Crippen LogP contribution in [0.1, 0.15) is 11.1 Å². The first-order chi connectivity index (χ1) is 7.15. The Morgan fingerprint density at radius 1 is 1.47 bits per heavy atom. The summed E-state index contributed by atoms with van der Waals surface area (Å²) in [5.41, 5.74) is 8.87. The quantitative estimate of drug-likeness (QED) is 0.699. The van der Waals surface area contributed by atoms with Gasteiger partial charge in [0, 0.05) is 18.8 Å². The molecule has 3 N–H and O–H groups in total. The van der Waals surface area contributed by atoms with Crippen LogP contribution in [0.2, 0.25) is 0 Å². The predicted molar refractivity (Wildman–Crippen MR) is 57.5 cm³/mol. The maximum atomic E-state index is 10.6. The Morgan fingerprint density at radius 2 is 2.27 bits per heavy atom. The number of nitrogen functional groups attached to an aromatic ring is 1. The number of hydrogen-bond donors (Lipinski definition) is 2. The maximum absolute atomic E-state index is 10.6. The average Bonchev–Trinajstić information content (AvgIpc) is 2.16. The molecule has 80 valence electrons. The van der Waals surface area contributed by atoms with Gasteiger partial charge in [-0.25, -0.2) is 0 Å². The molecule has 0 spiro atoms. The van der Waals surface area contributed by atoms with Crippen molar-refractivity contribution in [2.24, 2.45) is 0 Å². The topological polar surface area (TPSA) is 66.6 Å². The number of nitrogens with two attached hydrogens (primary N) is 1. The van der Waals surface area contributed by atoms with Gasteiger partial charge in [0.05, 0.1) is 6.54 Å². The molecule has 0 unspecified atom stereocenters. The summed E-state index contributed by atoms with van der Waals surface area (Å²) in [6, 6.07) is 5.86. The van der Waals surface area contributed by atoms with Crippen LogP contribution in [0.15, 0.2) is 18.2 Å². The minimum absolute atomic E-state index is 0.105. The van der Waals surface area contributed by atoms with E-state index in [0.29, 0.717) is 6.54 Å². The number of rotatable bonds is 2. The number of fused-ring (bicyclic) bond motifs is 1. The summed E-state index contributed by atoms with van der Waals surface area (Å²) in [6.45, 7) is 1.60. The first-order valence-electron chi connectivity index (χ1n) is 4.96. The Morgan fingerprint density at radius 3 is 3.00 bits per heavy atom. The first-order valence-corrected chi connectivity index (χ1v) is 4.96. The summed E-state index contributed by atoms with van der Waals surface area (Å²) in [6.07, 6.45) is 0.906. The highest BCUT2D eigenvalue weighted by Crippen LogP contribution is 2.20. The molecule has 0 bridgehead atoms. The minimum atomic E-state index is -0.776. The summed E-state index contributed by atoms with van der Waals surface area (Å²) in [7, 11) is 0. The number of nitrogens with zero attached hydrogens (tertiary/aromatic N) is 1. The van der Waals surface area contributed by atoms with E-state index < -0.39 is 5.97 Å². The third kappa shape index (κ3) is 2.27. The van der Waals surface area contributed by atoms with Crippen LogP contribution >= 0.6 is 0 Å². The fourth-order valence-corrected chi connectivity index (χ4v) is 1.96. The Bertz CT molecular complexity index is 390. The lowest BCUT2D eigenvalue weighted by atomic mass is 9.99. The van der Waals surface area contributed by atoms with E-state index in [1.54, 1.807) is 0 Å². The molecule has 0 saturated carbocycles. The lowest BCUT2D eigenvalue weighted by Gasteiger charge is -2.27. The van der Waals surface area contributed by atoms with Gasteiger partial charge in [0.25, 0.3) is 0 Å². The summed E-state index contributed by atoms with van der Waals surface area (Å²) >= 11 is 0. The van der Waals surface area contributed by atoms with Gasteiger partial charge in [0.15, 0.2) is 0 Å². The van der Waals surface area contributed by atoms with Gasteiger partial charge in [-0.3, -0.25) is 9.69 Å². The predicted octanol–water partition coefficient (Wildman–Crippen LogP) is 0.711. The van der Waals surface area contributed by atoms with Gasteiger partial charge in [-0.1, -0.05) is 6.07 Å². The van der Waals surface area contributed by atoms with Crippen molar-refractivity contribution in [3.8, 4) is 0 Å². The molecule has 2 rings (SSSR count). The molecule has 4 nitrogen and oxygen atoms in total. The minimum Gasteiger partial charge on any atom is -0.480 e. The molecule has 0 aliphatic carbocycles. The van der Waals surface area contributed by atoms with Crippen molar-refractivity contribution < 1.29 is 9.90 Å². The lowest BCUT2D eigenvalue weighted by Crippen LogP contribution is -2.34. The highest BCUT2D eigenvalue weighted by Gasteiger charge is 2.17. The van der Waals surface area contributed by atoms with Crippen LogP contribution < -0.4 is 5.73 Å². The zero-order chi connectivity index (χ0) is 10.8. The molecule has 1 aliphatic heterocycles. The molecule has 1 aliphatic rings. The third-order valence-electron chi connectivity index (χ3n) is 2.68. The molecule has 15 heavy (non-hydrogen) atoms. The van der Waals surface area contributed by atoms with Crippen molar-refractivity contribution in [1.29, 1.82) is 0 Å². The van der Waals surface area contributed by atoms with Crippen molar-refractivity contribution in [3.05, 3.63) is 29.3 Å². The molecule has 4 heteroatoms. The van der Waals surface area contributed by atoms with Gasteiger partial charge < -0.3 is 10.8 Å². The fraction of sp³-hybridized carbons (Fsp3) is 0.364. The largest absolute Gasteiger partial charge is 0.480 e. The molecule has 0 saturated heterocycles. The van der Waals surface area contributed by atoms with E-state index in [0.717, 1.165) is 24.2 Å². The normalized spacial score (nSPS) is 16.0.